The van der Waals surface area contributed by atoms with Crippen molar-refractivity contribution < 1.29 is 14.2 Å². The lowest BCUT2D eigenvalue weighted by molar-refractivity contribution is 0.192. The highest BCUT2D eigenvalue weighted by Crippen LogP contribution is 2.26. The van der Waals surface area contributed by atoms with E-state index in [4.69, 9.17) is 4.74 Å². The standard InChI is InChI=1S/C13H17FO2/c1-9(15)12-7-6-11(8-13(12)14)16-10-4-2-3-5-10/h6-10,15H,2-5H2,1H3. The van der Waals surface area contributed by atoms with Gasteiger partial charge in [-0.25, -0.2) is 4.39 Å². The van der Waals surface area contributed by atoms with Gasteiger partial charge in [0, 0.05) is 11.6 Å². The van der Waals surface area contributed by atoms with Crippen molar-refractivity contribution in [1.82, 2.24) is 0 Å². The monoisotopic (exact) mass is 224 g/mol. The number of hydrogen-bond donors (Lipinski definition) is 1. The van der Waals surface area contributed by atoms with E-state index in [2.05, 4.69) is 0 Å². The molecule has 0 aliphatic heterocycles. The van der Waals surface area contributed by atoms with E-state index in [9.17, 15) is 9.50 Å². The summed E-state index contributed by atoms with van der Waals surface area (Å²) < 4.78 is 19.2. The van der Waals surface area contributed by atoms with E-state index in [-0.39, 0.29) is 6.10 Å². The number of ether oxygens (including phenoxy) is 1. The largest absolute Gasteiger partial charge is 0.490 e. The highest BCUT2D eigenvalue weighted by molar-refractivity contribution is 5.30. The molecule has 88 valence electrons. The molecule has 0 amide bonds. The van der Waals surface area contributed by atoms with Crippen molar-refractivity contribution in [2.75, 3.05) is 0 Å². The Morgan fingerprint density at radius 1 is 1.38 bits per heavy atom. The van der Waals surface area contributed by atoms with Crippen LogP contribution >= 0.6 is 0 Å². The lowest BCUT2D eigenvalue weighted by atomic mass is 10.1. The van der Waals surface area contributed by atoms with Gasteiger partial charge in [0.05, 0.1) is 12.2 Å². The van der Waals surface area contributed by atoms with Gasteiger partial charge in [0.25, 0.3) is 0 Å². The van der Waals surface area contributed by atoms with Crippen molar-refractivity contribution in [1.29, 1.82) is 0 Å². The molecule has 16 heavy (non-hydrogen) atoms. The fourth-order valence-corrected chi connectivity index (χ4v) is 2.12. The molecule has 0 saturated heterocycles. The van der Waals surface area contributed by atoms with Crippen LogP contribution in [-0.2, 0) is 0 Å². The molecule has 3 heteroatoms. The molecule has 1 unspecified atom stereocenters. The lowest BCUT2D eigenvalue weighted by Crippen LogP contribution is -2.11. The number of hydrogen-bond acceptors (Lipinski definition) is 2. The first-order chi connectivity index (χ1) is 7.66. The Hall–Kier alpha value is -1.09. The van der Waals surface area contributed by atoms with E-state index in [0.717, 1.165) is 12.8 Å². The average Bonchev–Trinajstić information content (AvgIpc) is 2.70. The third-order valence-corrected chi connectivity index (χ3v) is 3.03. The first-order valence-corrected chi connectivity index (χ1v) is 5.81. The van der Waals surface area contributed by atoms with Crippen LogP contribution in [0.3, 0.4) is 0 Å². The molecule has 2 nitrogen and oxygen atoms in total. The molecule has 1 N–H and O–H groups in total. The molecule has 0 heterocycles. The smallest absolute Gasteiger partial charge is 0.132 e. The van der Waals surface area contributed by atoms with Gasteiger partial charge in [-0.1, -0.05) is 0 Å². The number of rotatable bonds is 3. The fourth-order valence-electron chi connectivity index (χ4n) is 2.12. The minimum atomic E-state index is -0.777. The molecule has 1 fully saturated rings. The summed E-state index contributed by atoms with van der Waals surface area (Å²) in [6.07, 6.45) is 3.95. The highest BCUT2D eigenvalue weighted by Gasteiger charge is 2.17. The van der Waals surface area contributed by atoms with Gasteiger partial charge in [0.15, 0.2) is 0 Å². The second-order valence-electron chi connectivity index (χ2n) is 4.38. The first-order valence-electron chi connectivity index (χ1n) is 5.81. The molecule has 0 bridgehead atoms. The molecule has 1 aliphatic carbocycles. The van der Waals surface area contributed by atoms with Gasteiger partial charge in [-0.2, -0.15) is 0 Å². The Morgan fingerprint density at radius 3 is 2.62 bits per heavy atom. The van der Waals surface area contributed by atoms with Gasteiger partial charge in [-0.15, -0.1) is 0 Å². The Balaban J connectivity index is 2.08. The SMILES string of the molecule is CC(O)c1ccc(OC2CCCC2)cc1F. The van der Waals surface area contributed by atoms with Gasteiger partial charge in [0.2, 0.25) is 0 Å². The fraction of sp³-hybridized carbons (Fsp3) is 0.538. The van der Waals surface area contributed by atoms with Gasteiger partial charge in [-0.3, -0.25) is 0 Å². The molecule has 1 saturated carbocycles. The van der Waals surface area contributed by atoms with Crippen LogP contribution in [0.4, 0.5) is 4.39 Å². The summed E-state index contributed by atoms with van der Waals surface area (Å²) >= 11 is 0. The predicted molar refractivity (Wildman–Crippen MR) is 59.9 cm³/mol. The van der Waals surface area contributed by atoms with Crippen LogP contribution in [0.1, 0.15) is 44.3 Å². The molecule has 1 atom stereocenters. The quantitative estimate of drug-likeness (QED) is 0.854. The normalized spacial score (nSPS) is 18.7. The maximum Gasteiger partial charge on any atom is 0.132 e. The molecule has 0 radical (unpaired) electrons. The van der Waals surface area contributed by atoms with Crippen molar-refractivity contribution in [2.24, 2.45) is 0 Å². The first kappa shape index (κ1) is 11.4. The summed E-state index contributed by atoms with van der Waals surface area (Å²) in [5.41, 5.74) is 0.318. The second-order valence-corrected chi connectivity index (χ2v) is 4.38. The zero-order chi connectivity index (χ0) is 11.5. The number of benzene rings is 1. The van der Waals surface area contributed by atoms with Crippen molar-refractivity contribution in [3.05, 3.63) is 29.6 Å². The van der Waals surface area contributed by atoms with Crippen LogP contribution in [0.2, 0.25) is 0 Å². The van der Waals surface area contributed by atoms with Crippen molar-refractivity contribution >= 4 is 0 Å². The molecular weight excluding hydrogens is 207 g/mol. The summed E-state index contributed by atoms with van der Waals surface area (Å²) in [7, 11) is 0. The molecule has 1 aromatic carbocycles. The summed E-state index contributed by atoms with van der Waals surface area (Å²) in [5.74, 6) is 0.166. The summed E-state index contributed by atoms with van der Waals surface area (Å²) in [4.78, 5) is 0. The van der Waals surface area contributed by atoms with Crippen molar-refractivity contribution in [2.45, 2.75) is 44.8 Å². The van der Waals surface area contributed by atoms with E-state index in [1.54, 1.807) is 19.1 Å². The summed E-state index contributed by atoms with van der Waals surface area (Å²) in [5, 5.41) is 9.30. The van der Waals surface area contributed by atoms with Crippen molar-refractivity contribution in [3.8, 4) is 5.75 Å². The van der Waals surface area contributed by atoms with Crippen LogP contribution in [0.25, 0.3) is 0 Å². The van der Waals surface area contributed by atoms with E-state index < -0.39 is 11.9 Å². The van der Waals surface area contributed by atoms with E-state index in [0.29, 0.717) is 11.3 Å². The minimum Gasteiger partial charge on any atom is -0.490 e. The van der Waals surface area contributed by atoms with Crippen LogP contribution in [0.15, 0.2) is 18.2 Å². The topological polar surface area (TPSA) is 29.5 Å². The van der Waals surface area contributed by atoms with Crippen LogP contribution < -0.4 is 4.74 Å². The maximum atomic E-state index is 13.5. The third kappa shape index (κ3) is 2.53. The Kier molecular flexibility index (Phi) is 3.44. The highest BCUT2D eigenvalue weighted by atomic mass is 19.1. The van der Waals surface area contributed by atoms with Crippen LogP contribution in [0, 0.1) is 5.82 Å². The number of aliphatic hydroxyl groups is 1. The molecular formula is C13H17FO2. The maximum absolute atomic E-state index is 13.5. The van der Waals surface area contributed by atoms with Gasteiger partial charge >= 0.3 is 0 Å². The number of aliphatic hydroxyl groups excluding tert-OH is 1. The third-order valence-electron chi connectivity index (χ3n) is 3.03. The van der Waals surface area contributed by atoms with Crippen LogP contribution in [0.5, 0.6) is 5.75 Å². The van der Waals surface area contributed by atoms with Crippen molar-refractivity contribution in [3.63, 3.8) is 0 Å². The summed E-state index contributed by atoms with van der Waals surface area (Å²) in [6, 6.07) is 4.67. The predicted octanol–water partition coefficient (Wildman–Crippen LogP) is 3.20. The van der Waals surface area contributed by atoms with E-state index >= 15 is 0 Å². The number of halogens is 1. The van der Waals surface area contributed by atoms with E-state index in [1.807, 2.05) is 0 Å². The average molecular weight is 224 g/mol. The molecule has 1 aromatic rings. The van der Waals surface area contributed by atoms with Gasteiger partial charge in [-0.05, 0) is 44.7 Å². The molecule has 1 aliphatic rings. The minimum absolute atomic E-state index is 0.233. The Bertz CT molecular complexity index is 357. The Morgan fingerprint density at radius 2 is 2.06 bits per heavy atom. The summed E-state index contributed by atoms with van der Waals surface area (Å²) in [6.45, 7) is 1.55. The molecule has 0 spiro atoms. The molecule has 0 aromatic heterocycles. The van der Waals surface area contributed by atoms with E-state index in [1.165, 1.54) is 18.9 Å². The second kappa shape index (κ2) is 4.83. The zero-order valence-corrected chi connectivity index (χ0v) is 9.45. The Labute approximate surface area is 95.1 Å². The van der Waals surface area contributed by atoms with Crippen LogP contribution in [-0.4, -0.2) is 11.2 Å². The molecule has 2 rings (SSSR count). The lowest BCUT2D eigenvalue weighted by Gasteiger charge is -2.14. The zero-order valence-electron chi connectivity index (χ0n) is 9.45. The van der Waals surface area contributed by atoms with Gasteiger partial charge < -0.3 is 9.84 Å². The van der Waals surface area contributed by atoms with Gasteiger partial charge in [0.1, 0.15) is 11.6 Å².